The Labute approximate surface area is 185 Å². The minimum atomic E-state index is -3.67. The van der Waals surface area contributed by atoms with Crippen molar-refractivity contribution >= 4 is 27.5 Å². The van der Waals surface area contributed by atoms with E-state index in [1.165, 1.54) is 10.7 Å². The largest absolute Gasteiger partial charge is 0.342 e. The normalized spacial score (nSPS) is 23.8. The number of rotatable bonds is 5. The highest BCUT2D eigenvalue weighted by molar-refractivity contribution is 7.89. The Kier molecular flexibility index (Phi) is 6.67. The van der Waals surface area contributed by atoms with E-state index in [4.69, 9.17) is 0 Å². The van der Waals surface area contributed by atoms with E-state index < -0.39 is 10.0 Å². The van der Waals surface area contributed by atoms with E-state index in [9.17, 15) is 18.0 Å². The van der Waals surface area contributed by atoms with Gasteiger partial charge >= 0.3 is 0 Å². The third-order valence-electron chi connectivity index (χ3n) is 7.06. The molecule has 4 rings (SSSR count). The van der Waals surface area contributed by atoms with E-state index in [0.717, 1.165) is 44.2 Å². The molecule has 2 saturated heterocycles. The molecule has 0 unspecified atom stereocenters. The summed E-state index contributed by atoms with van der Waals surface area (Å²) in [7, 11) is -1.79. The zero-order valence-electron chi connectivity index (χ0n) is 18.3. The fraction of sp³-hybridized carbons (Fsp3) is 0.652. The van der Waals surface area contributed by atoms with Crippen LogP contribution in [-0.2, 0) is 19.6 Å². The highest BCUT2D eigenvalue weighted by Crippen LogP contribution is 2.29. The molecule has 0 bridgehead atoms. The first kappa shape index (κ1) is 22.3. The molecule has 3 aliphatic rings. The van der Waals surface area contributed by atoms with Gasteiger partial charge in [0.2, 0.25) is 21.8 Å². The fourth-order valence-corrected chi connectivity index (χ4v) is 6.69. The van der Waals surface area contributed by atoms with Gasteiger partial charge in [0, 0.05) is 44.8 Å². The lowest BCUT2D eigenvalue weighted by molar-refractivity contribution is -0.138. The molecule has 8 heteroatoms. The number of benzene rings is 1. The lowest BCUT2D eigenvalue weighted by Gasteiger charge is -2.37. The predicted molar refractivity (Wildman–Crippen MR) is 119 cm³/mol. The van der Waals surface area contributed by atoms with Gasteiger partial charge < -0.3 is 9.80 Å². The highest BCUT2D eigenvalue weighted by atomic mass is 32.2. The van der Waals surface area contributed by atoms with E-state index in [1.54, 1.807) is 29.2 Å². The van der Waals surface area contributed by atoms with E-state index in [-0.39, 0.29) is 35.2 Å². The van der Waals surface area contributed by atoms with Crippen molar-refractivity contribution in [3.63, 3.8) is 0 Å². The molecule has 0 N–H and O–H groups in total. The Morgan fingerprint density at radius 3 is 2.32 bits per heavy atom. The lowest BCUT2D eigenvalue weighted by Crippen LogP contribution is -2.48. The molecule has 0 spiro atoms. The van der Waals surface area contributed by atoms with Crippen LogP contribution in [0.1, 0.15) is 57.8 Å². The fourth-order valence-electron chi connectivity index (χ4n) is 5.17. The summed E-state index contributed by atoms with van der Waals surface area (Å²) in [4.78, 5) is 28.8. The summed E-state index contributed by atoms with van der Waals surface area (Å²) in [5, 5.41) is 0. The van der Waals surface area contributed by atoms with Crippen molar-refractivity contribution in [1.82, 2.24) is 9.21 Å². The zero-order chi connectivity index (χ0) is 22.0. The Balaban J connectivity index is 1.44. The molecule has 3 fully saturated rings. The van der Waals surface area contributed by atoms with Crippen LogP contribution in [0.3, 0.4) is 0 Å². The SMILES string of the molecule is CN(C(=O)[C@H]1CCCN(S(=O)(=O)c2ccc(N3CCCC3=O)cc2)C1)C1CCCCC1. The molecule has 1 aromatic carbocycles. The second kappa shape index (κ2) is 9.28. The van der Waals surface area contributed by atoms with Gasteiger partial charge in [0.1, 0.15) is 0 Å². The van der Waals surface area contributed by atoms with Crippen LogP contribution in [0.15, 0.2) is 29.2 Å². The number of carbonyl (C=O) groups is 2. The number of piperidine rings is 1. The van der Waals surface area contributed by atoms with Crippen molar-refractivity contribution in [2.24, 2.45) is 5.92 Å². The van der Waals surface area contributed by atoms with Gasteiger partial charge in [-0.2, -0.15) is 4.31 Å². The third-order valence-corrected chi connectivity index (χ3v) is 8.94. The lowest BCUT2D eigenvalue weighted by atomic mass is 9.92. The Morgan fingerprint density at radius 1 is 0.968 bits per heavy atom. The molecular weight excluding hydrogens is 414 g/mol. The Morgan fingerprint density at radius 2 is 1.68 bits per heavy atom. The van der Waals surface area contributed by atoms with Crippen molar-refractivity contribution in [2.75, 3.05) is 31.6 Å². The number of carbonyl (C=O) groups excluding carboxylic acids is 2. The molecule has 7 nitrogen and oxygen atoms in total. The number of anilines is 1. The molecule has 2 heterocycles. The van der Waals surface area contributed by atoms with Crippen LogP contribution in [0.25, 0.3) is 0 Å². The summed E-state index contributed by atoms with van der Waals surface area (Å²) < 4.78 is 28.0. The van der Waals surface area contributed by atoms with Crippen molar-refractivity contribution in [3.05, 3.63) is 24.3 Å². The van der Waals surface area contributed by atoms with Gasteiger partial charge in [-0.25, -0.2) is 8.42 Å². The van der Waals surface area contributed by atoms with Gasteiger partial charge in [-0.05, 0) is 56.4 Å². The molecule has 0 aromatic heterocycles. The minimum Gasteiger partial charge on any atom is -0.342 e. The van der Waals surface area contributed by atoms with Crippen molar-refractivity contribution in [3.8, 4) is 0 Å². The first-order chi connectivity index (χ1) is 14.9. The van der Waals surface area contributed by atoms with Gasteiger partial charge in [-0.3, -0.25) is 9.59 Å². The van der Waals surface area contributed by atoms with Crippen LogP contribution in [0.4, 0.5) is 5.69 Å². The quantitative estimate of drug-likeness (QED) is 0.695. The van der Waals surface area contributed by atoms with Crippen molar-refractivity contribution in [2.45, 2.75) is 68.7 Å². The molecule has 1 saturated carbocycles. The average molecular weight is 448 g/mol. The number of hydrogen-bond donors (Lipinski definition) is 0. The second-order valence-corrected chi connectivity index (χ2v) is 11.0. The van der Waals surface area contributed by atoms with Crippen LogP contribution in [-0.4, -0.2) is 62.2 Å². The molecule has 1 aliphatic carbocycles. The van der Waals surface area contributed by atoms with E-state index in [1.807, 2.05) is 11.9 Å². The van der Waals surface area contributed by atoms with E-state index >= 15 is 0 Å². The third kappa shape index (κ3) is 4.65. The summed E-state index contributed by atoms with van der Waals surface area (Å²) in [5.41, 5.74) is 0.738. The maximum Gasteiger partial charge on any atom is 0.243 e. The van der Waals surface area contributed by atoms with Crippen molar-refractivity contribution < 1.29 is 18.0 Å². The highest BCUT2D eigenvalue weighted by Gasteiger charge is 2.36. The Bertz CT molecular complexity index is 909. The number of nitrogens with zero attached hydrogens (tertiary/aromatic N) is 3. The number of amides is 2. The zero-order valence-corrected chi connectivity index (χ0v) is 19.1. The van der Waals surface area contributed by atoms with Gasteiger partial charge in [0.25, 0.3) is 0 Å². The van der Waals surface area contributed by atoms with Crippen molar-refractivity contribution in [1.29, 1.82) is 0 Å². The topological polar surface area (TPSA) is 78.0 Å². The van der Waals surface area contributed by atoms with Crippen LogP contribution >= 0.6 is 0 Å². The predicted octanol–water partition coefficient (Wildman–Crippen LogP) is 3.01. The summed E-state index contributed by atoms with van der Waals surface area (Å²) in [6.45, 7) is 1.35. The monoisotopic (exact) mass is 447 g/mol. The average Bonchev–Trinajstić information content (AvgIpc) is 3.24. The molecule has 1 atom stereocenters. The molecule has 170 valence electrons. The number of hydrogen-bond acceptors (Lipinski definition) is 4. The first-order valence-corrected chi connectivity index (χ1v) is 13.0. The van der Waals surface area contributed by atoms with Gasteiger partial charge in [0.05, 0.1) is 10.8 Å². The molecule has 2 amide bonds. The minimum absolute atomic E-state index is 0.0784. The van der Waals surface area contributed by atoms with Crippen LogP contribution in [0.5, 0.6) is 0 Å². The first-order valence-electron chi connectivity index (χ1n) is 11.5. The molecule has 1 aromatic rings. The molecule has 31 heavy (non-hydrogen) atoms. The van der Waals surface area contributed by atoms with Gasteiger partial charge in [-0.1, -0.05) is 19.3 Å². The summed E-state index contributed by atoms with van der Waals surface area (Å²) in [6, 6.07) is 6.86. The molecular formula is C23H33N3O4S. The van der Waals surface area contributed by atoms with Gasteiger partial charge in [-0.15, -0.1) is 0 Å². The van der Waals surface area contributed by atoms with Crippen LogP contribution in [0, 0.1) is 5.92 Å². The van der Waals surface area contributed by atoms with E-state index in [2.05, 4.69) is 0 Å². The summed E-state index contributed by atoms with van der Waals surface area (Å²) in [5.74, 6) is -0.123. The molecule has 0 radical (unpaired) electrons. The second-order valence-electron chi connectivity index (χ2n) is 9.09. The van der Waals surface area contributed by atoms with Crippen LogP contribution in [0.2, 0.25) is 0 Å². The maximum absolute atomic E-state index is 13.2. The van der Waals surface area contributed by atoms with Gasteiger partial charge in [0.15, 0.2) is 0 Å². The maximum atomic E-state index is 13.2. The number of sulfonamides is 1. The summed E-state index contributed by atoms with van der Waals surface area (Å²) >= 11 is 0. The van der Waals surface area contributed by atoms with E-state index in [0.29, 0.717) is 25.9 Å². The Hall–Kier alpha value is -1.93. The summed E-state index contributed by atoms with van der Waals surface area (Å²) in [6.07, 6.45) is 8.44. The molecule has 2 aliphatic heterocycles. The smallest absolute Gasteiger partial charge is 0.243 e. The standard InChI is InChI=1S/C23H33N3O4S/c1-24(19-8-3-2-4-9-19)23(28)18-7-5-15-25(17-18)31(29,30)21-13-11-20(12-14-21)26-16-6-10-22(26)27/h11-14,18-19H,2-10,15-17H2,1H3/t18-/m0/s1. The van der Waals surface area contributed by atoms with Crippen LogP contribution < -0.4 is 4.90 Å².